The molecule has 0 unspecified atom stereocenters. The third kappa shape index (κ3) is 6.30. The summed E-state index contributed by atoms with van der Waals surface area (Å²) < 4.78 is 4.68. The Kier molecular flexibility index (Phi) is 6.21. The van der Waals surface area contributed by atoms with Gasteiger partial charge in [-0.15, -0.1) is 0 Å². The van der Waals surface area contributed by atoms with Gasteiger partial charge in [0.2, 0.25) is 0 Å². The number of alkyl carbamates (subject to hydrolysis) is 1. The molecule has 0 saturated carbocycles. The van der Waals surface area contributed by atoms with Gasteiger partial charge in [-0.2, -0.15) is 0 Å². The first-order chi connectivity index (χ1) is 9.11. The van der Waals surface area contributed by atoms with E-state index in [2.05, 4.69) is 20.7 Å². The zero-order valence-electron chi connectivity index (χ0n) is 11.2. The molecule has 6 nitrogen and oxygen atoms in total. The number of hydrogen-bond donors (Lipinski definition) is 3. The number of aryl methyl sites for hydroxylation is 1. The summed E-state index contributed by atoms with van der Waals surface area (Å²) in [6.45, 7) is 4.66. The van der Waals surface area contributed by atoms with Crippen LogP contribution < -0.4 is 16.0 Å². The second-order valence-corrected chi connectivity index (χ2v) is 3.90. The molecule has 0 aliphatic rings. The van der Waals surface area contributed by atoms with Crippen LogP contribution in [0.3, 0.4) is 0 Å². The van der Waals surface area contributed by atoms with Crippen LogP contribution in [0.2, 0.25) is 0 Å². The fraction of sp³-hybridized carbons (Fsp3) is 0.385. The van der Waals surface area contributed by atoms with E-state index >= 15 is 0 Å². The number of urea groups is 1. The molecule has 19 heavy (non-hydrogen) atoms. The summed E-state index contributed by atoms with van der Waals surface area (Å²) >= 11 is 0. The fourth-order valence-electron chi connectivity index (χ4n) is 1.42. The molecule has 0 aliphatic heterocycles. The Morgan fingerprint density at radius 1 is 1.21 bits per heavy atom. The van der Waals surface area contributed by atoms with Crippen LogP contribution in [0, 0.1) is 6.92 Å². The topological polar surface area (TPSA) is 79.5 Å². The molecule has 0 bridgehead atoms. The van der Waals surface area contributed by atoms with Crippen molar-refractivity contribution in [3.8, 4) is 0 Å². The highest BCUT2D eigenvalue weighted by Crippen LogP contribution is 2.08. The van der Waals surface area contributed by atoms with E-state index in [0.29, 0.717) is 19.7 Å². The quantitative estimate of drug-likeness (QED) is 0.711. The van der Waals surface area contributed by atoms with Gasteiger partial charge >= 0.3 is 12.1 Å². The minimum atomic E-state index is -0.483. The minimum Gasteiger partial charge on any atom is -0.450 e. The Morgan fingerprint density at radius 3 is 2.63 bits per heavy atom. The molecule has 104 valence electrons. The average molecular weight is 265 g/mol. The summed E-state index contributed by atoms with van der Waals surface area (Å²) in [6.07, 6.45) is -0.483. The summed E-state index contributed by atoms with van der Waals surface area (Å²) in [7, 11) is 0. The molecular formula is C13H19N3O3. The van der Waals surface area contributed by atoms with Crippen LogP contribution in [0.15, 0.2) is 24.3 Å². The smallest absolute Gasteiger partial charge is 0.407 e. The Morgan fingerprint density at radius 2 is 1.95 bits per heavy atom. The van der Waals surface area contributed by atoms with E-state index in [9.17, 15) is 9.59 Å². The van der Waals surface area contributed by atoms with Crippen molar-refractivity contribution in [1.29, 1.82) is 0 Å². The van der Waals surface area contributed by atoms with E-state index in [0.717, 1.165) is 11.3 Å². The van der Waals surface area contributed by atoms with Crippen LogP contribution in [0.5, 0.6) is 0 Å². The Balaban J connectivity index is 2.20. The van der Waals surface area contributed by atoms with Crippen LogP contribution in [-0.4, -0.2) is 31.8 Å². The van der Waals surface area contributed by atoms with E-state index in [1.54, 1.807) is 6.92 Å². The van der Waals surface area contributed by atoms with Crippen molar-refractivity contribution >= 4 is 17.8 Å². The van der Waals surface area contributed by atoms with Crippen molar-refractivity contribution in [1.82, 2.24) is 10.6 Å². The normalized spacial score (nSPS) is 9.58. The van der Waals surface area contributed by atoms with Gasteiger partial charge < -0.3 is 20.7 Å². The Labute approximate surface area is 112 Å². The number of amides is 3. The first-order valence-electron chi connectivity index (χ1n) is 6.14. The number of carbonyl (C=O) groups excluding carboxylic acids is 2. The summed E-state index contributed by atoms with van der Waals surface area (Å²) in [4.78, 5) is 22.5. The SMILES string of the molecule is CCOC(=O)NCCNC(=O)Nc1cccc(C)c1. The maximum atomic E-state index is 11.5. The van der Waals surface area contributed by atoms with Gasteiger partial charge in [0.05, 0.1) is 6.61 Å². The molecule has 0 saturated heterocycles. The van der Waals surface area contributed by atoms with Gasteiger partial charge in [0, 0.05) is 18.8 Å². The van der Waals surface area contributed by atoms with Crippen molar-refractivity contribution < 1.29 is 14.3 Å². The van der Waals surface area contributed by atoms with Crippen LogP contribution in [0.25, 0.3) is 0 Å². The number of anilines is 1. The second-order valence-electron chi connectivity index (χ2n) is 3.90. The molecule has 0 atom stereocenters. The van der Waals surface area contributed by atoms with Crippen LogP contribution in [-0.2, 0) is 4.74 Å². The molecule has 1 aromatic rings. The molecule has 0 heterocycles. The van der Waals surface area contributed by atoms with Crippen LogP contribution >= 0.6 is 0 Å². The van der Waals surface area contributed by atoms with E-state index in [4.69, 9.17) is 0 Å². The van der Waals surface area contributed by atoms with Crippen molar-refractivity contribution in [2.24, 2.45) is 0 Å². The van der Waals surface area contributed by atoms with Crippen molar-refractivity contribution in [3.05, 3.63) is 29.8 Å². The highest BCUT2D eigenvalue weighted by atomic mass is 16.5. The van der Waals surface area contributed by atoms with E-state index in [1.165, 1.54) is 0 Å². The van der Waals surface area contributed by atoms with Gasteiger partial charge in [-0.3, -0.25) is 0 Å². The first-order valence-corrected chi connectivity index (χ1v) is 6.14. The van der Waals surface area contributed by atoms with Crippen LogP contribution in [0.4, 0.5) is 15.3 Å². The molecule has 0 aromatic heterocycles. The second kappa shape index (κ2) is 7.97. The van der Waals surface area contributed by atoms with Gasteiger partial charge in [0.25, 0.3) is 0 Å². The lowest BCUT2D eigenvalue weighted by Gasteiger charge is -2.09. The number of hydrogen-bond acceptors (Lipinski definition) is 3. The molecule has 3 N–H and O–H groups in total. The van der Waals surface area contributed by atoms with Crippen molar-refractivity contribution in [2.75, 3.05) is 25.0 Å². The molecule has 0 fully saturated rings. The fourth-order valence-corrected chi connectivity index (χ4v) is 1.42. The van der Waals surface area contributed by atoms with E-state index in [-0.39, 0.29) is 6.03 Å². The predicted molar refractivity (Wildman–Crippen MR) is 73.2 cm³/mol. The lowest BCUT2D eigenvalue weighted by atomic mass is 10.2. The average Bonchev–Trinajstić information content (AvgIpc) is 2.35. The third-order valence-corrected chi connectivity index (χ3v) is 2.23. The maximum absolute atomic E-state index is 11.5. The Bertz CT molecular complexity index is 435. The number of ether oxygens (including phenoxy) is 1. The number of carbonyl (C=O) groups is 2. The number of nitrogens with one attached hydrogen (secondary N) is 3. The zero-order valence-corrected chi connectivity index (χ0v) is 11.2. The van der Waals surface area contributed by atoms with Crippen molar-refractivity contribution in [2.45, 2.75) is 13.8 Å². The molecule has 0 spiro atoms. The maximum Gasteiger partial charge on any atom is 0.407 e. The van der Waals surface area contributed by atoms with Gasteiger partial charge in [0.15, 0.2) is 0 Å². The molecular weight excluding hydrogens is 246 g/mol. The highest BCUT2D eigenvalue weighted by Gasteiger charge is 2.02. The Hall–Kier alpha value is -2.24. The largest absolute Gasteiger partial charge is 0.450 e. The lowest BCUT2D eigenvalue weighted by molar-refractivity contribution is 0.152. The zero-order chi connectivity index (χ0) is 14.1. The minimum absolute atomic E-state index is 0.309. The molecule has 3 amide bonds. The van der Waals surface area contributed by atoms with Gasteiger partial charge in [-0.25, -0.2) is 9.59 Å². The van der Waals surface area contributed by atoms with Crippen molar-refractivity contribution in [3.63, 3.8) is 0 Å². The third-order valence-electron chi connectivity index (χ3n) is 2.23. The standard InChI is InChI=1S/C13H19N3O3/c1-3-19-13(18)15-8-7-14-12(17)16-11-6-4-5-10(2)9-11/h4-6,9H,3,7-8H2,1-2H3,(H,15,18)(H2,14,16,17). The monoisotopic (exact) mass is 265 g/mol. The predicted octanol–water partition coefficient (Wildman–Crippen LogP) is 1.86. The van der Waals surface area contributed by atoms with Gasteiger partial charge in [-0.1, -0.05) is 12.1 Å². The van der Waals surface area contributed by atoms with Crippen LogP contribution in [0.1, 0.15) is 12.5 Å². The summed E-state index contributed by atoms with van der Waals surface area (Å²) in [5.41, 5.74) is 1.80. The summed E-state index contributed by atoms with van der Waals surface area (Å²) in [5.74, 6) is 0. The molecule has 1 aromatic carbocycles. The first kappa shape index (κ1) is 14.8. The van der Waals surface area contributed by atoms with E-state index in [1.807, 2.05) is 31.2 Å². The molecule has 0 radical (unpaired) electrons. The van der Waals surface area contributed by atoms with E-state index < -0.39 is 6.09 Å². The molecule has 1 rings (SSSR count). The lowest BCUT2D eigenvalue weighted by Crippen LogP contribution is -2.37. The van der Waals surface area contributed by atoms with Gasteiger partial charge in [0.1, 0.15) is 0 Å². The highest BCUT2D eigenvalue weighted by molar-refractivity contribution is 5.89. The molecule has 6 heteroatoms. The number of rotatable bonds is 5. The number of benzene rings is 1. The summed E-state index contributed by atoms with van der Waals surface area (Å²) in [6, 6.07) is 7.19. The van der Waals surface area contributed by atoms with Gasteiger partial charge in [-0.05, 0) is 31.5 Å². The molecule has 0 aliphatic carbocycles. The summed E-state index contributed by atoms with van der Waals surface area (Å²) in [5, 5.41) is 7.84.